The fourth-order valence-electron chi connectivity index (χ4n) is 0.818. The van der Waals surface area contributed by atoms with Crippen molar-refractivity contribution in [2.75, 3.05) is 0 Å². The van der Waals surface area contributed by atoms with Crippen LogP contribution in [0.25, 0.3) is 0 Å². The summed E-state index contributed by atoms with van der Waals surface area (Å²) in [6.45, 7) is 0.484. The summed E-state index contributed by atoms with van der Waals surface area (Å²) in [5.74, 6) is 0. The second-order valence-electron chi connectivity index (χ2n) is 2.30. The van der Waals surface area contributed by atoms with Gasteiger partial charge in [0, 0.05) is 0 Å². The Balaban J connectivity index is 2.44. The van der Waals surface area contributed by atoms with Crippen LogP contribution in [-0.2, 0) is 6.54 Å². The summed E-state index contributed by atoms with van der Waals surface area (Å²) in [4.78, 5) is 0.479. The predicted octanol–water partition coefficient (Wildman–Crippen LogP) is 0.188. The van der Waals surface area contributed by atoms with E-state index < -0.39 is 0 Å². The monoisotopic (exact) mass is 165 g/mol. The summed E-state index contributed by atoms with van der Waals surface area (Å²) in [6, 6.07) is 9.61. The van der Waals surface area contributed by atoms with Crippen molar-refractivity contribution < 1.29 is 4.85 Å². The first-order valence-electron chi connectivity index (χ1n) is 3.62. The zero-order valence-corrected chi connectivity index (χ0v) is 6.60. The lowest BCUT2D eigenvalue weighted by Gasteiger charge is -2.09. The molecule has 4 heteroatoms. The molecule has 0 aliphatic carbocycles. The van der Waals surface area contributed by atoms with Gasteiger partial charge < -0.3 is 5.21 Å². The average Bonchev–Trinajstić information content (AvgIpc) is 2.16. The van der Waals surface area contributed by atoms with Gasteiger partial charge in [0.1, 0.15) is 0 Å². The van der Waals surface area contributed by atoms with Gasteiger partial charge in [-0.1, -0.05) is 30.3 Å². The van der Waals surface area contributed by atoms with E-state index in [-0.39, 0.29) is 0 Å². The molecule has 0 unspecified atom stereocenters. The maximum atomic E-state index is 10.6. The fraction of sp³-hybridized carbons (Fsp3) is 0.125. The normalized spacial score (nSPS) is 11.2. The first-order valence-corrected chi connectivity index (χ1v) is 3.62. The highest BCUT2D eigenvalue weighted by Crippen LogP contribution is 1.96. The molecule has 0 spiro atoms. The van der Waals surface area contributed by atoms with Crippen LogP contribution in [-0.4, -0.2) is 11.2 Å². The number of hydrogen-bond acceptors (Lipinski definition) is 2. The minimum atomic E-state index is 0.479. The summed E-state index contributed by atoms with van der Waals surface area (Å²) >= 11 is 0. The number of rotatable bonds is 3. The highest BCUT2D eigenvalue weighted by Gasteiger charge is 1.89. The number of nitrogens with one attached hydrogen (secondary N) is 1. The molecule has 0 aliphatic heterocycles. The Kier molecular flexibility index (Phi) is 2.95. The van der Waals surface area contributed by atoms with Crippen LogP contribution in [0.5, 0.6) is 0 Å². The second kappa shape index (κ2) is 4.23. The van der Waals surface area contributed by atoms with Gasteiger partial charge in [-0.25, -0.2) is 0 Å². The molecule has 0 heterocycles. The highest BCUT2D eigenvalue weighted by atomic mass is 16.5. The van der Waals surface area contributed by atoms with Crippen molar-refractivity contribution in [3.63, 3.8) is 0 Å². The van der Waals surface area contributed by atoms with E-state index in [1.54, 1.807) is 0 Å². The standard InChI is InChI=1S/C8H11N3O/c9-7-11(12)10-6-8-4-2-1-3-5-8/h1-5,7,10H,6,9H2/b11-7-. The van der Waals surface area contributed by atoms with Crippen LogP contribution in [0.2, 0.25) is 0 Å². The molecule has 0 aromatic heterocycles. The smallest absolute Gasteiger partial charge is 0.256 e. The molecule has 1 aromatic rings. The van der Waals surface area contributed by atoms with E-state index in [0.29, 0.717) is 11.4 Å². The molecule has 0 saturated carbocycles. The SMILES string of the molecule is N/C=[N+](\[O-])NCc1ccccc1. The third-order valence-corrected chi connectivity index (χ3v) is 1.42. The van der Waals surface area contributed by atoms with E-state index in [0.717, 1.165) is 11.9 Å². The zero-order chi connectivity index (χ0) is 8.81. The molecule has 0 bridgehead atoms. The molecular formula is C8H11N3O. The number of nitrogens with zero attached hydrogens (tertiary/aromatic N) is 1. The molecular weight excluding hydrogens is 154 g/mol. The lowest BCUT2D eigenvalue weighted by molar-refractivity contribution is -0.522. The molecule has 0 aliphatic rings. The Labute approximate surface area is 70.9 Å². The van der Waals surface area contributed by atoms with Crippen molar-refractivity contribution in [3.05, 3.63) is 41.1 Å². The Hall–Kier alpha value is -1.71. The topological polar surface area (TPSA) is 64.1 Å². The largest absolute Gasteiger partial charge is 0.693 e. The number of hydrogen-bond donors (Lipinski definition) is 2. The van der Waals surface area contributed by atoms with E-state index >= 15 is 0 Å². The van der Waals surface area contributed by atoms with Gasteiger partial charge in [0.2, 0.25) is 0 Å². The Morgan fingerprint density at radius 3 is 2.67 bits per heavy atom. The lowest BCUT2D eigenvalue weighted by Crippen LogP contribution is -2.26. The third-order valence-electron chi connectivity index (χ3n) is 1.42. The van der Waals surface area contributed by atoms with Crippen molar-refractivity contribution in [2.45, 2.75) is 6.54 Å². The van der Waals surface area contributed by atoms with Crippen LogP contribution < -0.4 is 11.2 Å². The molecule has 0 saturated heterocycles. The van der Waals surface area contributed by atoms with Gasteiger partial charge in [-0.05, 0) is 5.56 Å². The number of benzene rings is 1. The van der Waals surface area contributed by atoms with Crippen molar-refractivity contribution >= 4 is 6.34 Å². The first kappa shape index (κ1) is 8.39. The lowest BCUT2D eigenvalue weighted by atomic mass is 10.2. The summed E-state index contributed by atoms with van der Waals surface area (Å²) in [5.41, 5.74) is 8.55. The van der Waals surface area contributed by atoms with E-state index in [4.69, 9.17) is 5.73 Å². The van der Waals surface area contributed by atoms with E-state index in [1.165, 1.54) is 0 Å². The summed E-state index contributed by atoms with van der Waals surface area (Å²) < 4.78 is 0. The van der Waals surface area contributed by atoms with Crippen LogP contribution in [0.15, 0.2) is 30.3 Å². The molecule has 64 valence electrons. The van der Waals surface area contributed by atoms with Crippen molar-refractivity contribution in [1.29, 1.82) is 0 Å². The molecule has 1 rings (SSSR count). The molecule has 0 fully saturated rings. The molecule has 0 atom stereocenters. The molecule has 0 radical (unpaired) electrons. The third kappa shape index (κ3) is 2.49. The van der Waals surface area contributed by atoms with Crippen LogP contribution >= 0.6 is 0 Å². The maximum absolute atomic E-state index is 10.6. The molecule has 12 heavy (non-hydrogen) atoms. The van der Waals surface area contributed by atoms with Crippen LogP contribution in [0.3, 0.4) is 0 Å². The van der Waals surface area contributed by atoms with Gasteiger partial charge in [0.05, 0.1) is 6.54 Å². The van der Waals surface area contributed by atoms with Crippen LogP contribution in [0.1, 0.15) is 5.56 Å². The minimum absolute atomic E-state index is 0.479. The van der Waals surface area contributed by atoms with E-state index in [2.05, 4.69) is 5.43 Å². The Bertz CT molecular complexity index is 258. The van der Waals surface area contributed by atoms with Gasteiger partial charge in [-0.15, -0.1) is 0 Å². The number of hydrazone groups is 1. The van der Waals surface area contributed by atoms with Crippen molar-refractivity contribution in [2.24, 2.45) is 5.73 Å². The Morgan fingerprint density at radius 2 is 2.08 bits per heavy atom. The summed E-state index contributed by atoms with van der Waals surface area (Å²) in [5, 5.41) is 10.6. The van der Waals surface area contributed by atoms with Crippen LogP contribution in [0, 0.1) is 5.21 Å². The van der Waals surface area contributed by atoms with Gasteiger partial charge >= 0.3 is 0 Å². The number of nitrogens with two attached hydrogens (primary N) is 1. The van der Waals surface area contributed by atoms with Gasteiger partial charge in [0.15, 0.2) is 0 Å². The zero-order valence-electron chi connectivity index (χ0n) is 6.60. The van der Waals surface area contributed by atoms with Gasteiger partial charge in [-0.2, -0.15) is 4.85 Å². The maximum Gasteiger partial charge on any atom is 0.256 e. The quantitative estimate of drug-likeness (QED) is 0.221. The van der Waals surface area contributed by atoms with Gasteiger partial charge in [-0.3, -0.25) is 11.2 Å². The highest BCUT2D eigenvalue weighted by molar-refractivity contribution is 5.44. The van der Waals surface area contributed by atoms with Gasteiger partial charge in [0.25, 0.3) is 6.34 Å². The summed E-state index contributed by atoms with van der Waals surface area (Å²) in [7, 11) is 0. The molecule has 3 N–H and O–H groups in total. The van der Waals surface area contributed by atoms with E-state index in [9.17, 15) is 5.21 Å². The molecule has 0 amide bonds. The Morgan fingerprint density at radius 1 is 1.42 bits per heavy atom. The molecule has 1 aromatic carbocycles. The molecule has 4 nitrogen and oxygen atoms in total. The summed E-state index contributed by atoms with van der Waals surface area (Å²) in [6.07, 6.45) is 0.933. The minimum Gasteiger partial charge on any atom is -0.693 e. The average molecular weight is 165 g/mol. The van der Waals surface area contributed by atoms with Crippen molar-refractivity contribution in [3.8, 4) is 0 Å². The second-order valence-corrected chi connectivity index (χ2v) is 2.30. The van der Waals surface area contributed by atoms with Crippen LogP contribution in [0.4, 0.5) is 0 Å². The van der Waals surface area contributed by atoms with E-state index in [1.807, 2.05) is 30.3 Å². The number of hydrazine groups is 1. The fourth-order valence-corrected chi connectivity index (χ4v) is 0.818. The first-order chi connectivity index (χ1) is 5.83. The van der Waals surface area contributed by atoms with Crippen molar-refractivity contribution in [1.82, 2.24) is 5.43 Å². The predicted molar refractivity (Wildman–Crippen MR) is 47.2 cm³/mol.